The standard InChI is InChI=1S/C25H34ClN3O5S/c1-7-34-22-11-9-8-10-21(22)29(35(6,32)33)17-23(30)28(16-19-12-14-20(26)15-13-19)18(2)24(31)27-25(3,4)5/h8-15,18H,7,16-17H2,1-6H3,(H,27,31)/t18-/m1/s1. The first-order valence-electron chi connectivity index (χ1n) is 11.3. The molecule has 0 unspecified atom stereocenters. The molecule has 2 rings (SSSR count). The molecule has 8 nitrogen and oxygen atoms in total. The van der Waals surface area contributed by atoms with E-state index < -0.39 is 34.1 Å². The highest BCUT2D eigenvalue weighted by atomic mass is 35.5. The van der Waals surface area contributed by atoms with E-state index in [2.05, 4.69) is 5.32 Å². The van der Waals surface area contributed by atoms with Gasteiger partial charge >= 0.3 is 0 Å². The molecule has 35 heavy (non-hydrogen) atoms. The van der Waals surface area contributed by atoms with Gasteiger partial charge in [-0.15, -0.1) is 0 Å². The van der Waals surface area contributed by atoms with Gasteiger partial charge in [0.05, 0.1) is 18.6 Å². The Bertz CT molecular complexity index is 1130. The largest absolute Gasteiger partial charge is 0.492 e. The maximum Gasteiger partial charge on any atom is 0.244 e. The maximum absolute atomic E-state index is 13.6. The van der Waals surface area contributed by atoms with Crippen molar-refractivity contribution in [2.45, 2.75) is 52.7 Å². The molecule has 0 aliphatic carbocycles. The Hall–Kier alpha value is -2.78. The highest BCUT2D eigenvalue weighted by Crippen LogP contribution is 2.30. The molecule has 2 aromatic rings. The number of nitrogens with zero attached hydrogens (tertiary/aromatic N) is 2. The zero-order valence-corrected chi connectivity index (χ0v) is 22.6. The van der Waals surface area contributed by atoms with Crippen molar-refractivity contribution in [3.05, 3.63) is 59.1 Å². The highest BCUT2D eigenvalue weighted by Gasteiger charge is 2.32. The van der Waals surface area contributed by atoms with Crippen molar-refractivity contribution in [3.63, 3.8) is 0 Å². The fraction of sp³-hybridized carbons (Fsp3) is 0.440. The third-order valence-corrected chi connectivity index (χ3v) is 6.42. The van der Waals surface area contributed by atoms with Crippen LogP contribution in [-0.2, 0) is 26.2 Å². The molecule has 0 radical (unpaired) electrons. The van der Waals surface area contributed by atoms with E-state index in [1.54, 1.807) is 62.4 Å². The number of carbonyl (C=O) groups is 2. The number of carbonyl (C=O) groups excluding carboxylic acids is 2. The summed E-state index contributed by atoms with van der Waals surface area (Å²) < 4.78 is 32.1. The van der Waals surface area contributed by atoms with E-state index in [1.165, 1.54) is 4.90 Å². The predicted molar refractivity (Wildman–Crippen MR) is 139 cm³/mol. The molecular formula is C25H34ClN3O5S. The number of rotatable bonds is 10. The normalized spacial score (nSPS) is 12.5. The number of nitrogens with one attached hydrogen (secondary N) is 1. The van der Waals surface area contributed by atoms with Crippen LogP contribution in [0.5, 0.6) is 5.75 Å². The first kappa shape index (κ1) is 28.5. The van der Waals surface area contributed by atoms with Crippen molar-refractivity contribution in [3.8, 4) is 5.75 Å². The van der Waals surface area contributed by atoms with Gasteiger partial charge < -0.3 is 15.0 Å². The van der Waals surface area contributed by atoms with Crippen molar-refractivity contribution < 1.29 is 22.7 Å². The number of para-hydroxylation sites is 2. The van der Waals surface area contributed by atoms with E-state index in [4.69, 9.17) is 16.3 Å². The van der Waals surface area contributed by atoms with Crippen molar-refractivity contribution in [1.29, 1.82) is 0 Å². The average Bonchev–Trinajstić information content (AvgIpc) is 2.75. The first-order chi connectivity index (χ1) is 16.2. The molecule has 0 aliphatic heterocycles. The fourth-order valence-electron chi connectivity index (χ4n) is 3.38. The minimum absolute atomic E-state index is 0.0967. The Morgan fingerprint density at radius 3 is 2.23 bits per heavy atom. The molecule has 1 atom stereocenters. The van der Waals surface area contributed by atoms with Gasteiger partial charge in [-0.1, -0.05) is 35.9 Å². The summed E-state index contributed by atoms with van der Waals surface area (Å²) in [6.07, 6.45) is 1.03. The van der Waals surface area contributed by atoms with Crippen LogP contribution < -0.4 is 14.4 Å². The van der Waals surface area contributed by atoms with Crippen molar-refractivity contribution in [2.24, 2.45) is 0 Å². The zero-order valence-electron chi connectivity index (χ0n) is 21.0. The summed E-state index contributed by atoms with van der Waals surface area (Å²) in [5.41, 5.74) is 0.498. The predicted octanol–water partition coefficient (Wildman–Crippen LogP) is 3.84. The van der Waals surface area contributed by atoms with E-state index >= 15 is 0 Å². The van der Waals surface area contributed by atoms with Gasteiger partial charge in [-0.05, 0) is 64.4 Å². The van der Waals surface area contributed by atoms with Gasteiger partial charge in [0.2, 0.25) is 21.8 Å². The van der Waals surface area contributed by atoms with Gasteiger partial charge in [-0.3, -0.25) is 13.9 Å². The lowest BCUT2D eigenvalue weighted by atomic mass is 10.1. The Labute approximate surface area is 213 Å². The van der Waals surface area contributed by atoms with Crippen LogP contribution in [0, 0.1) is 0 Å². The van der Waals surface area contributed by atoms with Gasteiger partial charge in [0.1, 0.15) is 18.3 Å². The van der Waals surface area contributed by atoms with Crippen molar-refractivity contribution in [2.75, 3.05) is 23.7 Å². The smallest absolute Gasteiger partial charge is 0.244 e. The molecule has 0 bridgehead atoms. The number of halogens is 1. The third kappa shape index (κ3) is 8.43. The van der Waals surface area contributed by atoms with Gasteiger partial charge in [0.15, 0.2) is 0 Å². The SMILES string of the molecule is CCOc1ccccc1N(CC(=O)N(Cc1ccc(Cl)cc1)[C@H](C)C(=O)NC(C)(C)C)S(C)(=O)=O. The van der Waals surface area contributed by atoms with Crippen LogP contribution in [0.2, 0.25) is 5.02 Å². The molecule has 0 fully saturated rings. The summed E-state index contributed by atoms with van der Waals surface area (Å²) in [7, 11) is -3.85. The molecule has 2 aromatic carbocycles. The minimum Gasteiger partial charge on any atom is -0.492 e. The molecule has 1 N–H and O–H groups in total. The quantitative estimate of drug-likeness (QED) is 0.510. The number of anilines is 1. The number of hydrogen-bond acceptors (Lipinski definition) is 5. The number of benzene rings is 2. The van der Waals surface area contributed by atoms with E-state index in [0.29, 0.717) is 17.4 Å². The lowest BCUT2D eigenvalue weighted by Gasteiger charge is -2.33. The number of hydrogen-bond donors (Lipinski definition) is 1. The Morgan fingerprint density at radius 1 is 1.09 bits per heavy atom. The number of sulfonamides is 1. The first-order valence-corrected chi connectivity index (χ1v) is 13.5. The van der Waals surface area contributed by atoms with Gasteiger partial charge in [-0.25, -0.2) is 8.42 Å². The summed E-state index contributed by atoms with van der Waals surface area (Å²) >= 11 is 5.99. The van der Waals surface area contributed by atoms with Crippen LogP contribution in [-0.4, -0.2) is 56.1 Å². The van der Waals surface area contributed by atoms with Crippen LogP contribution in [0.1, 0.15) is 40.2 Å². The zero-order chi connectivity index (χ0) is 26.4. The molecule has 0 saturated heterocycles. The van der Waals surface area contributed by atoms with E-state index in [1.807, 2.05) is 20.8 Å². The van der Waals surface area contributed by atoms with Crippen molar-refractivity contribution in [1.82, 2.24) is 10.2 Å². The minimum atomic E-state index is -3.85. The van der Waals surface area contributed by atoms with Gasteiger partial charge in [0, 0.05) is 17.1 Å². The summed E-state index contributed by atoms with van der Waals surface area (Å²) in [5.74, 6) is -0.537. The molecule has 0 saturated carbocycles. The maximum atomic E-state index is 13.6. The highest BCUT2D eigenvalue weighted by molar-refractivity contribution is 7.92. The van der Waals surface area contributed by atoms with E-state index in [-0.39, 0.29) is 18.1 Å². The molecule has 10 heteroatoms. The molecule has 0 spiro atoms. The van der Waals surface area contributed by atoms with Crippen molar-refractivity contribution >= 4 is 39.1 Å². The van der Waals surface area contributed by atoms with Crippen LogP contribution in [0.4, 0.5) is 5.69 Å². The summed E-state index contributed by atoms with van der Waals surface area (Å²) in [4.78, 5) is 27.9. The molecular weight excluding hydrogens is 490 g/mol. The van der Waals surface area contributed by atoms with E-state index in [9.17, 15) is 18.0 Å². The number of amides is 2. The third-order valence-electron chi connectivity index (χ3n) is 5.04. The van der Waals surface area contributed by atoms with E-state index in [0.717, 1.165) is 16.1 Å². The van der Waals surface area contributed by atoms with Crippen LogP contribution in [0.25, 0.3) is 0 Å². The Kier molecular flexibility index (Phi) is 9.57. The second kappa shape index (κ2) is 11.8. The number of ether oxygens (including phenoxy) is 1. The van der Waals surface area contributed by atoms with Crippen LogP contribution in [0.15, 0.2) is 48.5 Å². The molecule has 0 aromatic heterocycles. The second-order valence-corrected chi connectivity index (χ2v) is 11.6. The summed E-state index contributed by atoms with van der Waals surface area (Å²) in [6, 6.07) is 12.7. The van der Waals surface area contributed by atoms with Crippen LogP contribution in [0.3, 0.4) is 0 Å². The summed E-state index contributed by atoms with van der Waals surface area (Å²) in [6.45, 7) is 8.87. The second-order valence-electron chi connectivity index (χ2n) is 9.23. The molecule has 192 valence electrons. The topological polar surface area (TPSA) is 96.0 Å². The van der Waals surface area contributed by atoms with Gasteiger partial charge in [-0.2, -0.15) is 0 Å². The molecule has 2 amide bonds. The average molecular weight is 524 g/mol. The Morgan fingerprint density at radius 2 is 1.69 bits per heavy atom. The summed E-state index contributed by atoms with van der Waals surface area (Å²) in [5, 5.41) is 3.43. The lowest BCUT2D eigenvalue weighted by Crippen LogP contribution is -2.54. The molecule has 0 aliphatic rings. The van der Waals surface area contributed by atoms with Crippen LogP contribution >= 0.6 is 11.6 Å². The Balaban J connectivity index is 2.44. The molecule has 0 heterocycles. The monoisotopic (exact) mass is 523 g/mol. The fourth-order valence-corrected chi connectivity index (χ4v) is 4.36. The van der Waals surface area contributed by atoms with Gasteiger partial charge in [0.25, 0.3) is 0 Å². The lowest BCUT2D eigenvalue weighted by molar-refractivity contribution is -0.140.